The molecule has 0 aromatic heterocycles. The van der Waals surface area contributed by atoms with Gasteiger partial charge in [0.25, 0.3) is 0 Å². The molecule has 1 saturated carbocycles. The molecule has 112 valence electrons. The lowest BCUT2D eigenvalue weighted by Crippen LogP contribution is -2.35. The molecule has 4 nitrogen and oxygen atoms in total. The minimum atomic E-state index is -1.05. The van der Waals surface area contributed by atoms with Gasteiger partial charge in [-0.15, -0.1) is 0 Å². The van der Waals surface area contributed by atoms with Crippen LogP contribution in [0.5, 0.6) is 0 Å². The maximum absolute atomic E-state index is 13.1. The Kier molecular flexibility index (Phi) is 3.63. The van der Waals surface area contributed by atoms with Gasteiger partial charge in [0.05, 0.1) is 0 Å². The first kappa shape index (κ1) is 14.3. The maximum atomic E-state index is 13.1. The average molecular weight is 298 g/mol. The topological polar surface area (TPSA) is 58.2 Å². The fourth-order valence-corrected chi connectivity index (χ4v) is 2.27. The summed E-state index contributed by atoms with van der Waals surface area (Å²) < 4.78 is 13.1. The highest BCUT2D eigenvalue weighted by molar-refractivity contribution is 6.16. The number of halogens is 1. The van der Waals surface area contributed by atoms with E-state index in [-0.39, 0.29) is 5.91 Å². The molecule has 0 atom stereocenters. The minimum Gasteiger partial charge on any atom is -0.325 e. The van der Waals surface area contributed by atoms with E-state index >= 15 is 0 Å². The number of benzene rings is 2. The van der Waals surface area contributed by atoms with Crippen molar-refractivity contribution in [2.24, 2.45) is 5.41 Å². The normalized spacial score (nSPS) is 15.0. The second kappa shape index (κ2) is 5.60. The Hall–Kier alpha value is -2.69. The molecule has 0 radical (unpaired) electrons. The van der Waals surface area contributed by atoms with E-state index in [1.807, 2.05) is 18.2 Å². The average Bonchev–Trinajstić information content (AvgIpc) is 3.30. The predicted molar refractivity (Wildman–Crippen MR) is 81.8 cm³/mol. The van der Waals surface area contributed by atoms with E-state index in [1.165, 1.54) is 18.2 Å². The van der Waals surface area contributed by atoms with Crippen LogP contribution in [-0.4, -0.2) is 11.8 Å². The van der Waals surface area contributed by atoms with E-state index in [1.54, 1.807) is 18.2 Å². The molecule has 2 amide bonds. The van der Waals surface area contributed by atoms with Gasteiger partial charge in [-0.2, -0.15) is 0 Å². The van der Waals surface area contributed by atoms with Crippen LogP contribution < -0.4 is 10.6 Å². The molecule has 1 fully saturated rings. The van der Waals surface area contributed by atoms with Crippen LogP contribution in [0.3, 0.4) is 0 Å². The highest BCUT2D eigenvalue weighted by Crippen LogP contribution is 2.47. The largest absolute Gasteiger partial charge is 0.325 e. The number of anilines is 2. The summed E-state index contributed by atoms with van der Waals surface area (Å²) in [5.41, 5.74) is -0.0524. The van der Waals surface area contributed by atoms with Crippen LogP contribution >= 0.6 is 0 Å². The van der Waals surface area contributed by atoms with E-state index in [2.05, 4.69) is 10.6 Å². The van der Waals surface area contributed by atoms with Gasteiger partial charge in [-0.05, 0) is 43.2 Å². The van der Waals surface area contributed by atoms with Gasteiger partial charge in [-0.1, -0.05) is 24.3 Å². The molecule has 0 unspecified atom stereocenters. The quantitative estimate of drug-likeness (QED) is 0.852. The zero-order valence-corrected chi connectivity index (χ0v) is 11.8. The zero-order valence-electron chi connectivity index (χ0n) is 11.8. The van der Waals surface area contributed by atoms with E-state index in [0.29, 0.717) is 24.2 Å². The number of carbonyl (C=O) groups excluding carboxylic acids is 2. The van der Waals surface area contributed by atoms with Crippen molar-refractivity contribution in [2.45, 2.75) is 12.8 Å². The van der Waals surface area contributed by atoms with Gasteiger partial charge in [0.2, 0.25) is 11.8 Å². The SMILES string of the molecule is O=C(Nc1ccccc1)C1(C(=O)Nc2cccc(F)c2)CC1. The van der Waals surface area contributed by atoms with Crippen LogP contribution in [0.15, 0.2) is 54.6 Å². The summed E-state index contributed by atoms with van der Waals surface area (Å²) in [4.78, 5) is 24.7. The van der Waals surface area contributed by atoms with Gasteiger partial charge >= 0.3 is 0 Å². The monoisotopic (exact) mass is 298 g/mol. The third kappa shape index (κ3) is 2.83. The molecule has 1 aliphatic carbocycles. The van der Waals surface area contributed by atoms with Crippen molar-refractivity contribution in [3.8, 4) is 0 Å². The Morgan fingerprint density at radius 3 is 2.05 bits per heavy atom. The number of nitrogens with one attached hydrogen (secondary N) is 2. The van der Waals surface area contributed by atoms with Crippen LogP contribution in [0.1, 0.15) is 12.8 Å². The van der Waals surface area contributed by atoms with Crippen molar-refractivity contribution in [1.29, 1.82) is 0 Å². The Morgan fingerprint density at radius 2 is 1.45 bits per heavy atom. The van der Waals surface area contributed by atoms with Crippen LogP contribution in [0, 0.1) is 11.2 Å². The molecule has 0 bridgehead atoms. The van der Waals surface area contributed by atoms with Gasteiger partial charge in [0.15, 0.2) is 0 Å². The molecule has 0 saturated heterocycles. The zero-order chi connectivity index (χ0) is 15.6. The molecule has 0 heterocycles. The molecular weight excluding hydrogens is 283 g/mol. The third-order valence-electron chi connectivity index (χ3n) is 3.73. The van der Waals surface area contributed by atoms with Crippen molar-refractivity contribution in [2.75, 3.05) is 10.6 Å². The summed E-state index contributed by atoms with van der Waals surface area (Å²) in [5, 5.41) is 5.36. The van der Waals surface area contributed by atoms with Gasteiger partial charge in [-0.3, -0.25) is 9.59 Å². The first-order valence-electron chi connectivity index (χ1n) is 7.04. The van der Waals surface area contributed by atoms with Gasteiger partial charge in [0.1, 0.15) is 11.2 Å². The van der Waals surface area contributed by atoms with Crippen molar-refractivity contribution < 1.29 is 14.0 Å². The Bertz CT molecular complexity index is 712. The number of rotatable bonds is 4. The highest BCUT2D eigenvalue weighted by Gasteiger charge is 2.56. The van der Waals surface area contributed by atoms with Gasteiger partial charge in [0, 0.05) is 11.4 Å². The van der Waals surface area contributed by atoms with Crippen molar-refractivity contribution in [1.82, 2.24) is 0 Å². The van der Waals surface area contributed by atoms with Gasteiger partial charge in [-0.25, -0.2) is 4.39 Å². The third-order valence-corrected chi connectivity index (χ3v) is 3.73. The lowest BCUT2D eigenvalue weighted by molar-refractivity contribution is -0.131. The van der Waals surface area contributed by atoms with E-state index in [9.17, 15) is 14.0 Å². The van der Waals surface area contributed by atoms with Crippen LogP contribution in [-0.2, 0) is 9.59 Å². The fourth-order valence-electron chi connectivity index (χ4n) is 2.27. The number of hydrogen-bond acceptors (Lipinski definition) is 2. The van der Waals surface area contributed by atoms with Crippen LogP contribution in [0.2, 0.25) is 0 Å². The summed E-state index contributed by atoms with van der Waals surface area (Å²) in [6.45, 7) is 0. The summed E-state index contributed by atoms with van der Waals surface area (Å²) in [7, 11) is 0. The smallest absolute Gasteiger partial charge is 0.240 e. The lowest BCUT2D eigenvalue weighted by Gasteiger charge is -2.15. The molecule has 1 aliphatic rings. The summed E-state index contributed by atoms with van der Waals surface area (Å²) in [6.07, 6.45) is 0.986. The minimum absolute atomic E-state index is 0.326. The molecule has 22 heavy (non-hydrogen) atoms. The predicted octanol–water partition coefficient (Wildman–Crippen LogP) is 3.18. The van der Waals surface area contributed by atoms with Gasteiger partial charge < -0.3 is 10.6 Å². The summed E-state index contributed by atoms with van der Waals surface area (Å²) in [5.74, 6) is -1.16. The molecule has 5 heteroatoms. The molecule has 0 aliphatic heterocycles. The number of carbonyl (C=O) groups is 2. The Labute approximate surface area is 127 Å². The first-order chi connectivity index (χ1) is 10.6. The Balaban J connectivity index is 1.70. The molecular formula is C17H15FN2O2. The molecule has 0 spiro atoms. The molecule has 2 N–H and O–H groups in total. The second-order valence-corrected chi connectivity index (χ2v) is 5.37. The maximum Gasteiger partial charge on any atom is 0.240 e. The molecule has 3 rings (SSSR count). The standard InChI is InChI=1S/C17H15FN2O2/c18-12-5-4-8-14(11-12)20-16(22)17(9-10-17)15(21)19-13-6-2-1-3-7-13/h1-8,11H,9-10H2,(H,19,21)(H,20,22). The molecule has 2 aromatic carbocycles. The van der Waals surface area contributed by atoms with Crippen molar-refractivity contribution >= 4 is 23.2 Å². The fraction of sp³-hybridized carbons (Fsp3) is 0.176. The van der Waals surface area contributed by atoms with E-state index in [0.717, 1.165) is 0 Å². The number of para-hydroxylation sites is 1. The van der Waals surface area contributed by atoms with Crippen molar-refractivity contribution in [3.63, 3.8) is 0 Å². The lowest BCUT2D eigenvalue weighted by atomic mass is 10.0. The van der Waals surface area contributed by atoms with E-state index < -0.39 is 17.1 Å². The summed E-state index contributed by atoms with van der Waals surface area (Å²) >= 11 is 0. The first-order valence-corrected chi connectivity index (χ1v) is 7.04. The summed E-state index contributed by atoms with van der Waals surface area (Å²) in [6, 6.07) is 14.6. The second-order valence-electron chi connectivity index (χ2n) is 5.37. The van der Waals surface area contributed by atoms with E-state index in [4.69, 9.17) is 0 Å². The van der Waals surface area contributed by atoms with Crippen molar-refractivity contribution in [3.05, 3.63) is 60.4 Å². The number of hydrogen-bond donors (Lipinski definition) is 2. The highest BCUT2D eigenvalue weighted by atomic mass is 19.1. The number of amides is 2. The molecule has 2 aromatic rings. The van der Waals surface area contributed by atoms with Crippen LogP contribution in [0.4, 0.5) is 15.8 Å². The van der Waals surface area contributed by atoms with Crippen LogP contribution in [0.25, 0.3) is 0 Å². The Morgan fingerprint density at radius 1 is 0.864 bits per heavy atom.